The molecule has 24 heavy (non-hydrogen) atoms. The van der Waals surface area contributed by atoms with Gasteiger partial charge in [0.15, 0.2) is 5.96 Å². The van der Waals surface area contributed by atoms with Crippen molar-refractivity contribution < 1.29 is 9.53 Å². The van der Waals surface area contributed by atoms with Crippen LogP contribution >= 0.6 is 24.0 Å². The summed E-state index contributed by atoms with van der Waals surface area (Å²) in [5, 5.41) is 5.73. The van der Waals surface area contributed by atoms with E-state index in [1.165, 1.54) is 0 Å². The van der Waals surface area contributed by atoms with Gasteiger partial charge in [0.2, 0.25) is 0 Å². The molecule has 1 aromatic rings. The molecule has 1 aromatic carbocycles. The number of guanidine groups is 1. The summed E-state index contributed by atoms with van der Waals surface area (Å²) in [4.78, 5) is 16.3. The molecule has 1 unspecified atom stereocenters. The van der Waals surface area contributed by atoms with Gasteiger partial charge in [0, 0.05) is 6.54 Å². The third-order valence-electron chi connectivity index (χ3n) is 2.76. The number of nitrogens with one attached hydrogen (secondary N) is 2. The zero-order chi connectivity index (χ0) is 17.3. The highest BCUT2D eigenvalue weighted by Crippen LogP contribution is 2.15. The molecule has 0 aliphatic rings. The summed E-state index contributed by atoms with van der Waals surface area (Å²) in [6.45, 7) is 9.90. The molecule has 4 N–H and O–H groups in total. The Bertz CT molecular complexity index is 541. The molecule has 0 bridgehead atoms. The second-order valence-electron chi connectivity index (χ2n) is 6.01. The van der Waals surface area contributed by atoms with E-state index in [0.717, 1.165) is 5.56 Å². The van der Waals surface area contributed by atoms with Crippen molar-refractivity contribution in [3.63, 3.8) is 0 Å². The molecule has 7 heteroatoms. The number of alkyl carbamates (subject to hydrolysis) is 1. The number of hydrogen-bond acceptors (Lipinski definition) is 3. The maximum absolute atomic E-state index is 12.0. The summed E-state index contributed by atoms with van der Waals surface area (Å²) in [6, 6.07) is 9.24. The Hall–Kier alpha value is -1.77. The molecule has 1 atom stereocenters. The third kappa shape index (κ3) is 9.39. The lowest BCUT2D eigenvalue weighted by atomic mass is 10.1. The molecule has 0 spiro atoms. The van der Waals surface area contributed by atoms with Crippen molar-refractivity contribution in [2.24, 2.45) is 10.7 Å². The first kappa shape index (κ1) is 22.2. The zero-order valence-corrected chi connectivity index (χ0v) is 16.7. The first-order chi connectivity index (χ1) is 10.8. The Kier molecular flexibility index (Phi) is 10.1. The zero-order valence-electron chi connectivity index (χ0n) is 14.4. The van der Waals surface area contributed by atoms with Gasteiger partial charge in [-0.05, 0) is 26.3 Å². The molecule has 1 amide bonds. The number of benzene rings is 1. The number of carbonyl (C=O) groups excluding carboxylic acids is 1. The van der Waals surface area contributed by atoms with Crippen molar-refractivity contribution >= 4 is 36.0 Å². The maximum atomic E-state index is 12.0. The van der Waals surface area contributed by atoms with Gasteiger partial charge in [0.25, 0.3) is 0 Å². The Morgan fingerprint density at radius 3 is 2.54 bits per heavy atom. The fourth-order valence-electron chi connectivity index (χ4n) is 1.79. The lowest BCUT2D eigenvalue weighted by Gasteiger charge is -2.23. The van der Waals surface area contributed by atoms with Gasteiger partial charge in [-0.3, -0.25) is 4.99 Å². The number of rotatable bonds is 6. The van der Waals surface area contributed by atoms with Crippen LogP contribution in [0.2, 0.25) is 0 Å². The van der Waals surface area contributed by atoms with E-state index in [4.69, 9.17) is 10.5 Å². The van der Waals surface area contributed by atoms with Gasteiger partial charge in [-0.1, -0.05) is 36.4 Å². The highest BCUT2D eigenvalue weighted by molar-refractivity contribution is 14.0. The molecule has 1 rings (SSSR count). The molecule has 0 saturated heterocycles. The van der Waals surface area contributed by atoms with Crippen LogP contribution in [0.4, 0.5) is 4.79 Å². The van der Waals surface area contributed by atoms with Crippen molar-refractivity contribution in [1.82, 2.24) is 10.6 Å². The van der Waals surface area contributed by atoms with Gasteiger partial charge in [-0.2, -0.15) is 0 Å². The summed E-state index contributed by atoms with van der Waals surface area (Å²) in [5.41, 5.74) is 6.14. The SMILES string of the molecule is C=CCNC(N)=NCC(NC(=O)OC(C)(C)C)c1ccccc1.I. The van der Waals surface area contributed by atoms with Crippen LogP contribution in [-0.2, 0) is 4.74 Å². The van der Waals surface area contributed by atoms with E-state index < -0.39 is 11.7 Å². The molecular weight excluding hydrogens is 419 g/mol. The first-order valence-electron chi connectivity index (χ1n) is 7.51. The standard InChI is InChI=1S/C17H26N4O2.HI/c1-5-11-19-15(18)20-12-14(13-9-7-6-8-10-13)21-16(22)23-17(2,3)4;/h5-10,14H,1,11-12H2,2-4H3,(H,21,22)(H3,18,19,20);1H. The van der Waals surface area contributed by atoms with Crippen molar-refractivity contribution in [2.75, 3.05) is 13.1 Å². The summed E-state index contributed by atoms with van der Waals surface area (Å²) in [5.74, 6) is 0.303. The molecule has 134 valence electrons. The average Bonchev–Trinajstić information content (AvgIpc) is 2.48. The van der Waals surface area contributed by atoms with Crippen LogP contribution in [0.15, 0.2) is 48.0 Å². The van der Waals surface area contributed by atoms with Gasteiger partial charge in [0.05, 0.1) is 12.6 Å². The molecule has 0 saturated carbocycles. The Labute approximate surface area is 161 Å². The predicted octanol–water partition coefficient (Wildman–Crippen LogP) is 2.96. The fourth-order valence-corrected chi connectivity index (χ4v) is 1.79. The molecule has 0 aliphatic carbocycles. The average molecular weight is 446 g/mol. The molecule has 0 aromatic heterocycles. The van der Waals surface area contributed by atoms with E-state index in [1.54, 1.807) is 6.08 Å². The lowest BCUT2D eigenvalue weighted by Crippen LogP contribution is -2.37. The summed E-state index contributed by atoms with van der Waals surface area (Å²) in [7, 11) is 0. The number of nitrogens with two attached hydrogens (primary N) is 1. The van der Waals surface area contributed by atoms with Crippen LogP contribution < -0.4 is 16.4 Å². The van der Waals surface area contributed by atoms with Crippen LogP contribution in [0.1, 0.15) is 32.4 Å². The van der Waals surface area contributed by atoms with E-state index in [-0.39, 0.29) is 30.0 Å². The van der Waals surface area contributed by atoms with Crippen molar-refractivity contribution in [3.05, 3.63) is 48.6 Å². The van der Waals surface area contributed by atoms with Crippen LogP contribution in [0.3, 0.4) is 0 Å². The number of halogens is 1. The van der Waals surface area contributed by atoms with Crippen molar-refractivity contribution in [1.29, 1.82) is 0 Å². The smallest absolute Gasteiger partial charge is 0.408 e. The molecular formula is C17H27IN4O2. The highest BCUT2D eigenvalue weighted by atomic mass is 127. The number of carbonyl (C=O) groups is 1. The summed E-state index contributed by atoms with van der Waals surface area (Å²) < 4.78 is 5.30. The minimum absolute atomic E-state index is 0. The number of amides is 1. The van der Waals surface area contributed by atoms with E-state index in [0.29, 0.717) is 19.0 Å². The monoisotopic (exact) mass is 446 g/mol. The minimum Gasteiger partial charge on any atom is -0.444 e. The normalized spacial score (nSPS) is 12.5. The van der Waals surface area contributed by atoms with E-state index in [1.807, 2.05) is 51.1 Å². The molecule has 6 nitrogen and oxygen atoms in total. The number of ether oxygens (including phenoxy) is 1. The van der Waals surface area contributed by atoms with Gasteiger partial charge in [0.1, 0.15) is 5.60 Å². The van der Waals surface area contributed by atoms with Gasteiger partial charge >= 0.3 is 6.09 Å². The topological polar surface area (TPSA) is 88.7 Å². The van der Waals surface area contributed by atoms with Crippen molar-refractivity contribution in [2.45, 2.75) is 32.4 Å². The van der Waals surface area contributed by atoms with Crippen LogP contribution in [-0.4, -0.2) is 30.7 Å². The third-order valence-corrected chi connectivity index (χ3v) is 2.76. The quantitative estimate of drug-likeness (QED) is 0.271. The van der Waals surface area contributed by atoms with Crippen LogP contribution in [0, 0.1) is 0 Å². The summed E-state index contributed by atoms with van der Waals surface area (Å²) >= 11 is 0. The van der Waals surface area contributed by atoms with Gasteiger partial charge < -0.3 is 21.1 Å². The highest BCUT2D eigenvalue weighted by Gasteiger charge is 2.20. The van der Waals surface area contributed by atoms with Crippen molar-refractivity contribution in [3.8, 4) is 0 Å². The number of hydrogen-bond donors (Lipinski definition) is 3. The molecule has 0 fully saturated rings. The largest absolute Gasteiger partial charge is 0.444 e. The molecule has 0 radical (unpaired) electrons. The van der Waals surface area contributed by atoms with E-state index in [9.17, 15) is 4.79 Å². The predicted molar refractivity (Wildman–Crippen MR) is 109 cm³/mol. The number of aliphatic imine (C=N–C) groups is 1. The van der Waals surface area contributed by atoms with E-state index in [2.05, 4.69) is 22.2 Å². The first-order valence-corrected chi connectivity index (χ1v) is 7.51. The molecule has 0 aliphatic heterocycles. The number of nitrogens with zero attached hydrogens (tertiary/aromatic N) is 1. The Balaban J connectivity index is 0.00000529. The lowest BCUT2D eigenvalue weighted by molar-refractivity contribution is 0.0505. The van der Waals surface area contributed by atoms with Gasteiger partial charge in [-0.15, -0.1) is 30.6 Å². The Morgan fingerprint density at radius 2 is 2.00 bits per heavy atom. The van der Waals surface area contributed by atoms with E-state index >= 15 is 0 Å². The second kappa shape index (κ2) is 10.9. The van der Waals surface area contributed by atoms with Crippen LogP contribution in [0.5, 0.6) is 0 Å². The minimum atomic E-state index is -0.556. The Morgan fingerprint density at radius 1 is 1.38 bits per heavy atom. The van der Waals surface area contributed by atoms with Crippen LogP contribution in [0.25, 0.3) is 0 Å². The summed E-state index contributed by atoms with van der Waals surface area (Å²) in [6.07, 6.45) is 1.20. The maximum Gasteiger partial charge on any atom is 0.408 e. The molecule has 0 heterocycles. The fraction of sp³-hybridized carbons (Fsp3) is 0.412. The van der Waals surface area contributed by atoms with Gasteiger partial charge in [-0.25, -0.2) is 4.79 Å². The second-order valence-corrected chi connectivity index (χ2v) is 6.01.